The largest absolute Gasteiger partial charge is 0.370 e. The zero-order valence-corrected chi connectivity index (χ0v) is 15.1. The first-order valence-electron chi connectivity index (χ1n) is 9.35. The summed E-state index contributed by atoms with van der Waals surface area (Å²) in [6, 6.07) is 22.1. The maximum atomic E-state index is 12.8. The van der Waals surface area contributed by atoms with Crippen molar-refractivity contribution in [2.45, 2.75) is 19.8 Å². The Kier molecular flexibility index (Phi) is 4.61. The molecule has 132 valence electrons. The summed E-state index contributed by atoms with van der Waals surface area (Å²) in [5.74, 6) is 0.721. The van der Waals surface area contributed by atoms with Crippen molar-refractivity contribution in [1.29, 1.82) is 0 Å². The van der Waals surface area contributed by atoms with E-state index in [1.165, 1.54) is 12.8 Å². The molecule has 3 aromatic carbocycles. The number of carbonyl (C=O) groups is 1. The number of carbonyl (C=O) groups excluding carboxylic acids is 1. The lowest BCUT2D eigenvalue weighted by Gasteiger charge is -2.33. The molecule has 0 spiro atoms. The van der Waals surface area contributed by atoms with Gasteiger partial charge in [-0.1, -0.05) is 49.4 Å². The van der Waals surface area contributed by atoms with E-state index in [1.54, 1.807) is 0 Å². The Bertz CT molecular complexity index is 926. The number of nitrogens with one attached hydrogen (secondary N) is 1. The van der Waals surface area contributed by atoms with Gasteiger partial charge in [-0.15, -0.1) is 0 Å². The van der Waals surface area contributed by atoms with E-state index in [9.17, 15) is 4.79 Å². The van der Waals surface area contributed by atoms with Crippen molar-refractivity contribution in [2.75, 3.05) is 23.3 Å². The Morgan fingerprint density at radius 2 is 1.62 bits per heavy atom. The van der Waals surface area contributed by atoms with E-state index in [0.717, 1.165) is 41.2 Å². The number of benzene rings is 3. The Balaban J connectivity index is 1.57. The fraction of sp³-hybridized carbons (Fsp3) is 0.261. The molecule has 1 aliphatic heterocycles. The summed E-state index contributed by atoms with van der Waals surface area (Å²) in [5, 5.41) is 5.35. The smallest absolute Gasteiger partial charge is 0.255 e. The first-order chi connectivity index (χ1) is 12.7. The highest BCUT2D eigenvalue weighted by atomic mass is 16.1. The average molecular weight is 344 g/mol. The molecule has 1 fully saturated rings. The van der Waals surface area contributed by atoms with E-state index in [-0.39, 0.29) is 5.91 Å². The lowest BCUT2D eigenvalue weighted by molar-refractivity contribution is 0.102. The van der Waals surface area contributed by atoms with Crippen LogP contribution in [0.25, 0.3) is 10.8 Å². The molecule has 0 saturated carbocycles. The SMILES string of the molecule is CC1CCN(c2ccccc2NC(=O)c2ccc3ccccc3c2)CC1. The third-order valence-electron chi connectivity index (χ3n) is 5.29. The van der Waals surface area contributed by atoms with Crippen molar-refractivity contribution >= 4 is 28.1 Å². The molecule has 1 aliphatic rings. The van der Waals surface area contributed by atoms with Crippen LogP contribution in [0.3, 0.4) is 0 Å². The number of nitrogens with zero attached hydrogens (tertiary/aromatic N) is 1. The molecule has 0 aliphatic carbocycles. The Hall–Kier alpha value is -2.81. The van der Waals surface area contributed by atoms with Crippen LogP contribution >= 0.6 is 0 Å². The third-order valence-corrected chi connectivity index (χ3v) is 5.29. The summed E-state index contributed by atoms with van der Waals surface area (Å²) < 4.78 is 0. The second-order valence-corrected chi connectivity index (χ2v) is 7.20. The van der Waals surface area contributed by atoms with Gasteiger partial charge in [0.2, 0.25) is 0 Å². The van der Waals surface area contributed by atoms with Crippen molar-refractivity contribution in [3.05, 3.63) is 72.3 Å². The van der Waals surface area contributed by atoms with Gasteiger partial charge in [-0.25, -0.2) is 0 Å². The maximum Gasteiger partial charge on any atom is 0.255 e. The number of piperidine rings is 1. The molecule has 3 aromatic rings. The minimum absolute atomic E-state index is 0.0615. The summed E-state index contributed by atoms with van der Waals surface area (Å²) in [7, 11) is 0. The summed E-state index contributed by atoms with van der Waals surface area (Å²) in [4.78, 5) is 15.2. The molecule has 0 atom stereocenters. The van der Waals surface area contributed by atoms with Gasteiger partial charge in [0.15, 0.2) is 0 Å². The molecular formula is C23H24N2O. The van der Waals surface area contributed by atoms with Crippen molar-refractivity contribution in [3.8, 4) is 0 Å². The maximum absolute atomic E-state index is 12.8. The lowest BCUT2D eigenvalue weighted by Crippen LogP contribution is -2.33. The zero-order chi connectivity index (χ0) is 17.9. The van der Waals surface area contributed by atoms with Gasteiger partial charge in [-0.2, -0.15) is 0 Å². The third kappa shape index (κ3) is 3.43. The Morgan fingerprint density at radius 3 is 2.42 bits per heavy atom. The Labute approximate surface area is 154 Å². The molecule has 0 aromatic heterocycles. The number of fused-ring (bicyclic) bond motifs is 1. The van der Waals surface area contributed by atoms with Crippen LogP contribution in [-0.2, 0) is 0 Å². The van der Waals surface area contributed by atoms with Gasteiger partial charge >= 0.3 is 0 Å². The standard InChI is InChI=1S/C23H24N2O/c1-17-12-14-25(15-13-17)22-9-5-4-8-21(22)24-23(26)20-11-10-18-6-2-3-7-19(18)16-20/h2-11,16-17H,12-15H2,1H3,(H,24,26). The summed E-state index contributed by atoms with van der Waals surface area (Å²) in [6.07, 6.45) is 2.40. The first kappa shape index (κ1) is 16.6. The Morgan fingerprint density at radius 1 is 0.923 bits per heavy atom. The van der Waals surface area contributed by atoms with E-state index in [2.05, 4.69) is 29.3 Å². The van der Waals surface area contributed by atoms with Crippen LogP contribution in [0.4, 0.5) is 11.4 Å². The van der Waals surface area contributed by atoms with Crippen LogP contribution in [-0.4, -0.2) is 19.0 Å². The van der Waals surface area contributed by atoms with Crippen LogP contribution in [0.2, 0.25) is 0 Å². The second-order valence-electron chi connectivity index (χ2n) is 7.20. The molecular weight excluding hydrogens is 320 g/mol. The minimum atomic E-state index is -0.0615. The highest BCUT2D eigenvalue weighted by Gasteiger charge is 2.19. The molecule has 0 bridgehead atoms. The van der Waals surface area contributed by atoms with Crippen molar-refractivity contribution in [2.24, 2.45) is 5.92 Å². The van der Waals surface area contributed by atoms with Crippen LogP contribution in [0.5, 0.6) is 0 Å². The molecule has 1 N–H and O–H groups in total. The van der Waals surface area contributed by atoms with Crippen molar-refractivity contribution in [3.63, 3.8) is 0 Å². The van der Waals surface area contributed by atoms with Crippen LogP contribution in [0.15, 0.2) is 66.7 Å². The van der Waals surface area contributed by atoms with Gasteiger partial charge in [-0.3, -0.25) is 4.79 Å². The molecule has 0 radical (unpaired) electrons. The summed E-state index contributed by atoms with van der Waals surface area (Å²) >= 11 is 0. The number of amides is 1. The van der Waals surface area contributed by atoms with Gasteiger partial charge < -0.3 is 10.2 Å². The van der Waals surface area contributed by atoms with E-state index in [0.29, 0.717) is 5.56 Å². The predicted octanol–water partition coefficient (Wildman–Crippen LogP) is 5.33. The number of hydrogen-bond acceptors (Lipinski definition) is 2. The van der Waals surface area contributed by atoms with E-state index in [1.807, 2.05) is 54.6 Å². The number of hydrogen-bond donors (Lipinski definition) is 1. The molecule has 3 nitrogen and oxygen atoms in total. The van der Waals surface area contributed by atoms with Gasteiger partial charge in [0.1, 0.15) is 0 Å². The van der Waals surface area contributed by atoms with Crippen LogP contribution in [0, 0.1) is 5.92 Å². The first-order valence-corrected chi connectivity index (χ1v) is 9.35. The quantitative estimate of drug-likeness (QED) is 0.696. The summed E-state index contributed by atoms with van der Waals surface area (Å²) in [5.41, 5.74) is 2.69. The van der Waals surface area contributed by atoms with Crippen LogP contribution < -0.4 is 10.2 Å². The second kappa shape index (κ2) is 7.20. The summed E-state index contributed by atoms with van der Waals surface area (Å²) in [6.45, 7) is 4.40. The van der Waals surface area contributed by atoms with Crippen molar-refractivity contribution < 1.29 is 4.79 Å². The fourth-order valence-electron chi connectivity index (χ4n) is 3.63. The highest BCUT2D eigenvalue weighted by Crippen LogP contribution is 2.30. The fourth-order valence-corrected chi connectivity index (χ4v) is 3.63. The molecule has 1 heterocycles. The molecule has 0 unspecified atom stereocenters. The predicted molar refractivity (Wildman–Crippen MR) is 109 cm³/mol. The van der Waals surface area contributed by atoms with Crippen molar-refractivity contribution in [1.82, 2.24) is 0 Å². The van der Waals surface area contributed by atoms with Crippen LogP contribution in [0.1, 0.15) is 30.1 Å². The molecule has 1 amide bonds. The monoisotopic (exact) mass is 344 g/mol. The lowest BCUT2D eigenvalue weighted by atomic mass is 9.98. The molecule has 1 saturated heterocycles. The van der Waals surface area contributed by atoms with Gasteiger partial charge in [0, 0.05) is 18.7 Å². The van der Waals surface area contributed by atoms with Gasteiger partial charge in [0.05, 0.1) is 11.4 Å². The minimum Gasteiger partial charge on any atom is -0.370 e. The van der Waals surface area contributed by atoms with E-state index < -0.39 is 0 Å². The van der Waals surface area contributed by atoms with E-state index in [4.69, 9.17) is 0 Å². The molecule has 4 rings (SSSR count). The molecule has 26 heavy (non-hydrogen) atoms. The van der Waals surface area contributed by atoms with E-state index >= 15 is 0 Å². The van der Waals surface area contributed by atoms with Gasteiger partial charge in [-0.05, 0) is 53.8 Å². The highest BCUT2D eigenvalue weighted by molar-refractivity contribution is 6.07. The topological polar surface area (TPSA) is 32.3 Å². The number of anilines is 2. The average Bonchev–Trinajstić information content (AvgIpc) is 2.69. The zero-order valence-electron chi connectivity index (χ0n) is 15.1. The normalized spacial score (nSPS) is 15.2. The van der Waals surface area contributed by atoms with Gasteiger partial charge in [0.25, 0.3) is 5.91 Å². The number of para-hydroxylation sites is 2. The number of rotatable bonds is 3. The molecule has 3 heteroatoms.